The molecule has 0 bridgehead atoms. The first kappa shape index (κ1) is 13.1. The van der Waals surface area contributed by atoms with Crippen LogP contribution in [0.3, 0.4) is 0 Å². The number of rotatable bonds is 3. The maximum absolute atomic E-state index is 11.8. The maximum Gasteiger partial charge on any atom is 0.318 e. The molecule has 3 nitrogen and oxygen atoms in total. The number of aryl methyl sites for hydroxylation is 1. The van der Waals surface area contributed by atoms with Crippen LogP contribution in [-0.2, 0) is 10.2 Å². The highest BCUT2D eigenvalue weighted by molar-refractivity contribution is 5.85. The second-order valence-corrected chi connectivity index (χ2v) is 4.92. The first-order valence-corrected chi connectivity index (χ1v) is 6.11. The van der Waals surface area contributed by atoms with Gasteiger partial charge in [-0.05, 0) is 37.1 Å². The lowest BCUT2D eigenvalue weighted by Crippen LogP contribution is -2.33. The van der Waals surface area contributed by atoms with E-state index in [1.807, 2.05) is 31.2 Å². The number of hydrogen-bond donors (Lipinski definition) is 2. The van der Waals surface area contributed by atoms with Crippen molar-refractivity contribution in [1.29, 1.82) is 0 Å². The molecule has 2 rings (SSSR count). The number of carboxylic acids is 1. The summed E-state index contributed by atoms with van der Waals surface area (Å²) in [5.74, 6) is -0.874. The van der Waals surface area contributed by atoms with Crippen molar-refractivity contribution in [2.75, 3.05) is 5.73 Å². The van der Waals surface area contributed by atoms with E-state index >= 15 is 0 Å². The Morgan fingerprint density at radius 1 is 1.00 bits per heavy atom. The molecule has 3 N–H and O–H groups in total. The summed E-state index contributed by atoms with van der Waals surface area (Å²) in [5.41, 5.74) is 7.80. The quantitative estimate of drug-likeness (QED) is 0.829. The van der Waals surface area contributed by atoms with Crippen LogP contribution in [0, 0.1) is 6.92 Å². The zero-order valence-electron chi connectivity index (χ0n) is 11.1. The summed E-state index contributed by atoms with van der Waals surface area (Å²) >= 11 is 0. The molecule has 0 saturated carbocycles. The highest BCUT2D eigenvalue weighted by atomic mass is 16.4. The van der Waals surface area contributed by atoms with E-state index in [0.29, 0.717) is 5.69 Å². The summed E-state index contributed by atoms with van der Waals surface area (Å²) in [6, 6.07) is 14.6. The summed E-state index contributed by atoms with van der Waals surface area (Å²) in [4.78, 5) is 11.8. The number of carbonyl (C=O) groups is 1. The van der Waals surface area contributed by atoms with Crippen molar-refractivity contribution in [1.82, 2.24) is 0 Å². The van der Waals surface area contributed by atoms with Crippen LogP contribution in [-0.4, -0.2) is 11.1 Å². The van der Waals surface area contributed by atoms with Crippen LogP contribution in [0.2, 0.25) is 0 Å². The first-order chi connectivity index (χ1) is 8.94. The van der Waals surface area contributed by atoms with Gasteiger partial charge in [-0.15, -0.1) is 0 Å². The standard InChI is InChI=1S/C16H17NO2/c1-11-3-5-12(6-4-11)16(2,15(18)19)13-7-9-14(17)10-8-13/h3-10H,17H2,1-2H3,(H,18,19). The van der Waals surface area contributed by atoms with Crippen molar-refractivity contribution in [3.63, 3.8) is 0 Å². The summed E-state index contributed by atoms with van der Waals surface area (Å²) < 4.78 is 0. The topological polar surface area (TPSA) is 63.3 Å². The van der Waals surface area contributed by atoms with Crippen molar-refractivity contribution < 1.29 is 9.90 Å². The van der Waals surface area contributed by atoms with E-state index < -0.39 is 11.4 Å². The number of hydrogen-bond acceptors (Lipinski definition) is 2. The van der Waals surface area contributed by atoms with Gasteiger partial charge in [-0.2, -0.15) is 0 Å². The molecule has 0 aliphatic heterocycles. The Labute approximate surface area is 112 Å². The molecule has 0 amide bonds. The Bertz CT molecular complexity index is 540. The highest BCUT2D eigenvalue weighted by Gasteiger charge is 2.37. The average Bonchev–Trinajstić information content (AvgIpc) is 2.39. The summed E-state index contributed by atoms with van der Waals surface area (Å²) in [7, 11) is 0. The number of benzene rings is 2. The Hall–Kier alpha value is -2.29. The lowest BCUT2D eigenvalue weighted by atomic mass is 9.76. The minimum Gasteiger partial charge on any atom is -0.480 e. The van der Waals surface area contributed by atoms with Gasteiger partial charge in [0.1, 0.15) is 5.41 Å². The van der Waals surface area contributed by atoms with E-state index in [9.17, 15) is 9.90 Å². The first-order valence-electron chi connectivity index (χ1n) is 6.11. The van der Waals surface area contributed by atoms with Crippen LogP contribution in [0.5, 0.6) is 0 Å². The molecule has 1 atom stereocenters. The maximum atomic E-state index is 11.8. The molecule has 98 valence electrons. The van der Waals surface area contributed by atoms with E-state index in [-0.39, 0.29) is 0 Å². The van der Waals surface area contributed by atoms with Gasteiger partial charge in [0.25, 0.3) is 0 Å². The van der Waals surface area contributed by atoms with Crippen LogP contribution < -0.4 is 5.73 Å². The van der Waals surface area contributed by atoms with Crippen LogP contribution in [0.25, 0.3) is 0 Å². The van der Waals surface area contributed by atoms with Crippen molar-refractivity contribution in [3.8, 4) is 0 Å². The normalized spacial score (nSPS) is 13.8. The van der Waals surface area contributed by atoms with Crippen LogP contribution >= 0.6 is 0 Å². The van der Waals surface area contributed by atoms with Crippen molar-refractivity contribution >= 4 is 11.7 Å². The Morgan fingerprint density at radius 3 is 1.84 bits per heavy atom. The van der Waals surface area contributed by atoms with Crippen LogP contribution in [0.15, 0.2) is 48.5 Å². The van der Waals surface area contributed by atoms with Crippen molar-refractivity contribution in [2.24, 2.45) is 0 Å². The van der Waals surface area contributed by atoms with Gasteiger partial charge >= 0.3 is 5.97 Å². The Morgan fingerprint density at radius 2 is 1.42 bits per heavy atom. The van der Waals surface area contributed by atoms with E-state index in [2.05, 4.69) is 0 Å². The minimum atomic E-state index is -1.07. The molecule has 0 radical (unpaired) electrons. The molecule has 0 heterocycles. The van der Waals surface area contributed by atoms with Gasteiger partial charge in [-0.3, -0.25) is 4.79 Å². The largest absolute Gasteiger partial charge is 0.480 e. The summed E-state index contributed by atoms with van der Waals surface area (Å²) in [6.07, 6.45) is 0. The highest BCUT2D eigenvalue weighted by Crippen LogP contribution is 2.33. The molecule has 0 fully saturated rings. The molecule has 0 saturated heterocycles. The molecule has 2 aromatic rings. The molecule has 2 aromatic carbocycles. The zero-order valence-corrected chi connectivity index (χ0v) is 11.1. The van der Waals surface area contributed by atoms with Crippen molar-refractivity contribution in [2.45, 2.75) is 19.3 Å². The molecule has 3 heteroatoms. The predicted molar refractivity (Wildman–Crippen MR) is 76.1 cm³/mol. The molecule has 0 aliphatic rings. The van der Waals surface area contributed by atoms with Crippen LogP contribution in [0.1, 0.15) is 23.6 Å². The molecule has 19 heavy (non-hydrogen) atoms. The second kappa shape index (κ2) is 4.76. The second-order valence-electron chi connectivity index (χ2n) is 4.92. The molecule has 0 aromatic heterocycles. The Kier molecular flexibility index (Phi) is 3.30. The number of aliphatic carboxylic acids is 1. The van der Waals surface area contributed by atoms with E-state index in [1.54, 1.807) is 31.2 Å². The Balaban J connectivity index is 2.57. The zero-order chi connectivity index (χ0) is 14.0. The monoisotopic (exact) mass is 255 g/mol. The fourth-order valence-corrected chi connectivity index (χ4v) is 2.12. The fraction of sp³-hybridized carbons (Fsp3) is 0.188. The number of nitrogens with two attached hydrogens (primary N) is 1. The molecular weight excluding hydrogens is 238 g/mol. The molecular formula is C16H17NO2. The van der Waals surface area contributed by atoms with E-state index in [4.69, 9.17) is 5.73 Å². The minimum absolute atomic E-state index is 0.625. The third-order valence-electron chi connectivity index (χ3n) is 3.54. The number of carboxylic acid groups (broad SMARTS) is 1. The number of anilines is 1. The van der Waals surface area contributed by atoms with Gasteiger partial charge in [0.05, 0.1) is 0 Å². The third-order valence-corrected chi connectivity index (χ3v) is 3.54. The van der Waals surface area contributed by atoms with Crippen LogP contribution in [0.4, 0.5) is 5.69 Å². The summed E-state index contributed by atoms with van der Waals surface area (Å²) in [5, 5.41) is 9.65. The van der Waals surface area contributed by atoms with Gasteiger partial charge in [0.15, 0.2) is 0 Å². The average molecular weight is 255 g/mol. The predicted octanol–water partition coefficient (Wildman–Crippen LogP) is 2.97. The van der Waals surface area contributed by atoms with E-state index in [0.717, 1.165) is 16.7 Å². The van der Waals surface area contributed by atoms with Crippen molar-refractivity contribution in [3.05, 3.63) is 65.2 Å². The molecule has 0 spiro atoms. The smallest absolute Gasteiger partial charge is 0.318 e. The lowest BCUT2D eigenvalue weighted by Gasteiger charge is -2.26. The third kappa shape index (κ3) is 2.32. The van der Waals surface area contributed by atoms with E-state index in [1.165, 1.54) is 0 Å². The van der Waals surface area contributed by atoms with Gasteiger partial charge < -0.3 is 10.8 Å². The van der Waals surface area contributed by atoms with Gasteiger partial charge in [0, 0.05) is 5.69 Å². The van der Waals surface area contributed by atoms with Gasteiger partial charge in [-0.1, -0.05) is 42.0 Å². The molecule has 0 aliphatic carbocycles. The summed E-state index contributed by atoms with van der Waals surface area (Å²) in [6.45, 7) is 3.69. The molecule has 1 unspecified atom stereocenters. The van der Waals surface area contributed by atoms with Gasteiger partial charge in [0.2, 0.25) is 0 Å². The lowest BCUT2D eigenvalue weighted by molar-refractivity contribution is -0.141. The fourth-order valence-electron chi connectivity index (χ4n) is 2.12. The number of nitrogen functional groups attached to an aromatic ring is 1. The SMILES string of the molecule is Cc1ccc(C(C)(C(=O)O)c2ccc(N)cc2)cc1. The van der Waals surface area contributed by atoms with Gasteiger partial charge in [-0.25, -0.2) is 0 Å².